The highest BCUT2D eigenvalue weighted by molar-refractivity contribution is 5.85. The maximum Gasteiger partial charge on any atom is 0.373 e. The van der Waals surface area contributed by atoms with Crippen LogP contribution in [0.15, 0.2) is 0 Å². The van der Waals surface area contributed by atoms with Crippen molar-refractivity contribution in [3.63, 3.8) is 0 Å². The molecular weight excluding hydrogens is 402 g/mol. The summed E-state index contributed by atoms with van der Waals surface area (Å²) in [6.45, 7) is 10.0. The molecule has 1 atom stereocenters. The summed E-state index contributed by atoms with van der Waals surface area (Å²) in [4.78, 5) is 83.7. The molecule has 0 saturated heterocycles. The Balaban J connectivity index is -0.000000143. The van der Waals surface area contributed by atoms with Crippen molar-refractivity contribution in [1.82, 2.24) is 14.7 Å². The van der Waals surface area contributed by atoms with Crippen LogP contribution in [0.3, 0.4) is 0 Å². The van der Waals surface area contributed by atoms with Crippen LogP contribution in [0, 0.1) is 5.92 Å². The van der Waals surface area contributed by atoms with E-state index in [0.717, 1.165) is 26.2 Å². The van der Waals surface area contributed by atoms with Crippen molar-refractivity contribution in [3.05, 3.63) is 0 Å². The van der Waals surface area contributed by atoms with Crippen LogP contribution in [0.25, 0.3) is 0 Å². The van der Waals surface area contributed by atoms with Crippen LogP contribution in [0.5, 0.6) is 0 Å². The monoisotopic (exact) mass is 433 g/mol. The summed E-state index contributed by atoms with van der Waals surface area (Å²) in [5, 5.41) is 0. The standard InChI is InChI=1S/C14H31N3O.4CO2/c1-8-16(6)9-10-17(7)11-13(15(4)5)14(18)12(2)3;4*2-1-3/h12-13H,8-11H2,1-7H3;;;;. The van der Waals surface area contributed by atoms with E-state index in [-0.39, 0.29) is 36.6 Å². The maximum atomic E-state index is 12.1. The Morgan fingerprint density at radius 2 is 1.00 bits per heavy atom. The molecule has 0 bridgehead atoms. The van der Waals surface area contributed by atoms with E-state index in [0.29, 0.717) is 5.78 Å². The predicted octanol–water partition coefficient (Wildman–Crippen LogP) is -1.31. The normalized spacial score (nSPS) is 9.43. The molecule has 0 N–H and O–H groups in total. The third kappa shape index (κ3) is 36.1. The smallest absolute Gasteiger partial charge is 0.305 e. The molecule has 12 heteroatoms. The van der Waals surface area contributed by atoms with Gasteiger partial charge in [-0.1, -0.05) is 20.8 Å². The van der Waals surface area contributed by atoms with Crippen LogP contribution < -0.4 is 0 Å². The first-order valence-corrected chi connectivity index (χ1v) is 8.50. The van der Waals surface area contributed by atoms with Gasteiger partial charge in [-0.25, -0.2) is 0 Å². The number of Topliss-reactive ketones (excluding diaryl/α,β-unsaturated/α-hetero) is 1. The number of hydrogen-bond acceptors (Lipinski definition) is 12. The Morgan fingerprint density at radius 3 is 1.23 bits per heavy atom. The van der Waals surface area contributed by atoms with Crippen molar-refractivity contribution < 1.29 is 43.2 Å². The summed E-state index contributed by atoms with van der Waals surface area (Å²) < 4.78 is 0. The fourth-order valence-electron chi connectivity index (χ4n) is 1.78. The van der Waals surface area contributed by atoms with E-state index in [4.69, 9.17) is 38.4 Å². The molecular formula is C18H31N3O9. The van der Waals surface area contributed by atoms with Gasteiger partial charge in [-0.15, -0.1) is 0 Å². The molecule has 12 nitrogen and oxygen atoms in total. The number of nitrogens with zero attached hydrogens (tertiary/aromatic N) is 3. The summed E-state index contributed by atoms with van der Waals surface area (Å²) in [5.74, 6) is 0.430. The zero-order valence-electron chi connectivity index (χ0n) is 18.5. The first-order valence-electron chi connectivity index (χ1n) is 8.50. The summed E-state index contributed by atoms with van der Waals surface area (Å²) in [6.07, 6.45) is 1.00. The molecule has 0 spiro atoms. The third-order valence-electron chi connectivity index (χ3n) is 3.41. The van der Waals surface area contributed by atoms with Crippen LogP contribution >= 0.6 is 0 Å². The molecule has 0 aliphatic heterocycles. The molecule has 0 radical (unpaired) electrons. The Labute approximate surface area is 176 Å². The van der Waals surface area contributed by atoms with E-state index in [9.17, 15) is 4.79 Å². The molecule has 0 aromatic carbocycles. The van der Waals surface area contributed by atoms with Gasteiger partial charge in [0.25, 0.3) is 0 Å². The number of rotatable bonds is 9. The molecule has 0 aromatic heterocycles. The van der Waals surface area contributed by atoms with Gasteiger partial charge < -0.3 is 9.80 Å². The Bertz CT molecular complexity index is 493. The van der Waals surface area contributed by atoms with Crippen molar-refractivity contribution in [2.75, 3.05) is 54.4 Å². The highest BCUT2D eigenvalue weighted by Gasteiger charge is 2.24. The van der Waals surface area contributed by atoms with Crippen LogP contribution in [0.4, 0.5) is 0 Å². The lowest BCUT2D eigenvalue weighted by molar-refractivity contribution is -0.193. The average molecular weight is 433 g/mol. The summed E-state index contributed by atoms with van der Waals surface area (Å²) >= 11 is 0. The Hall–Kier alpha value is -2.93. The summed E-state index contributed by atoms with van der Waals surface area (Å²) in [5.41, 5.74) is 0. The van der Waals surface area contributed by atoms with Gasteiger partial charge in [-0.3, -0.25) is 9.69 Å². The van der Waals surface area contributed by atoms with E-state index in [1.54, 1.807) is 0 Å². The fourth-order valence-corrected chi connectivity index (χ4v) is 1.78. The number of carbonyl (C=O) groups is 1. The van der Waals surface area contributed by atoms with Crippen LogP contribution in [-0.4, -0.2) is 106 Å². The third-order valence-corrected chi connectivity index (χ3v) is 3.41. The minimum atomic E-state index is 0.00179. The van der Waals surface area contributed by atoms with Gasteiger partial charge in [0.15, 0.2) is 5.78 Å². The number of ketones is 1. The minimum absolute atomic E-state index is 0.00179. The van der Waals surface area contributed by atoms with Gasteiger partial charge in [-0.2, -0.15) is 38.4 Å². The Morgan fingerprint density at radius 1 is 0.700 bits per heavy atom. The van der Waals surface area contributed by atoms with E-state index >= 15 is 0 Å². The van der Waals surface area contributed by atoms with Gasteiger partial charge in [-0.05, 0) is 34.7 Å². The quantitative estimate of drug-likeness (QED) is 0.422. The number of carbonyl (C=O) groups excluding carboxylic acids is 9. The van der Waals surface area contributed by atoms with E-state index in [2.05, 4.69) is 30.8 Å². The SMILES string of the molecule is CCN(C)CCN(C)CC(C(=O)C(C)C)N(C)C.O=C=O.O=C=O.O=C=O.O=C=O. The van der Waals surface area contributed by atoms with Gasteiger partial charge in [0.05, 0.1) is 6.04 Å². The topological polar surface area (TPSA) is 163 Å². The fraction of sp³-hybridized carbons (Fsp3) is 0.722. The molecule has 0 rings (SSSR count). The van der Waals surface area contributed by atoms with Crippen molar-refractivity contribution in [1.29, 1.82) is 0 Å². The molecule has 0 saturated carbocycles. The lowest BCUT2D eigenvalue weighted by atomic mass is 10.0. The van der Waals surface area contributed by atoms with E-state index in [1.165, 1.54) is 0 Å². The zero-order chi connectivity index (χ0) is 25.1. The van der Waals surface area contributed by atoms with Crippen LogP contribution in [0.1, 0.15) is 20.8 Å². The lowest BCUT2D eigenvalue weighted by Gasteiger charge is -2.30. The number of likely N-dealkylation sites (N-methyl/N-ethyl adjacent to an activating group) is 3. The largest absolute Gasteiger partial charge is 0.373 e. The van der Waals surface area contributed by atoms with E-state index < -0.39 is 0 Å². The average Bonchev–Trinajstić information content (AvgIpc) is 2.65. The molecule has 0 aliphatic rings. The van der Waals surface area contributed by atoms with Gasteiger partial charge in [0, 0.05) is 25.6 Å². The molecule has 0 amide bonds. The first-order chi connectivity index (χ1) is 13.9. The van der Waals surface area contributed by atoms with Crippen molar-refractivity contribution in [2.24, 2.45) is 5.92 Å². The molecule has 172 valence electrons. The lowest BCUT2D eigenvalue weighted by Crippen LogP contribution is -2.47. The zero-order valence-corrected chi connectivity index (χ0v) is 18.5. The highest BCUT2D eigenvalue weighted by Crippen LogP contribution is 2.06. The molecule has 0 fully saturated rings. The maximum absolute atomic E-state index is 12.1. The van der Waals surface area contributed by atoms with Crippen molar-refractivity contribution in [2.45, 2.75) is 26.8 Å². The van der Waals surface area contributed by atoms with E-state index in [1.807, 2.05) is 32.8 Å². The molecule has 0 heterocycles. The molecule has 0 aromatic rings. The highest BCUT2D eigenvalue weighted by atomic mass is 16.2. The van der Waals surface area contributed by atoms with Crippen LogP contribution in [0.2, 0.25) is 0 Å². The first kappa shape index (κ1) is 37.8. The Kier molecular flexibility index (Phi) is 38.8. The second-order valence-corrected chi connectivity index (χ2v) is 6.03. The summed E-state index contributed by atoms with van der Waals surface area (Å²) in [6, 6.07) is 0.00179. The van der Waals surface area contributed by atoms with Crippen molar-refractivity contribution in [3.8, 4) is 0 Å². The molecule has 1 unspecified atom stereocenters. The molecule has 0 aliphatic carbocycles. The van der Waals surface area contributed by atoms with Crippen LogP contribution in [-0.2, 0) is 43.2 Å². The predicted molar refractivity (Wildman–Crippen MR) is 98.0 cm³/mol. The van der Waals surface area contributed by atoms with Gasteiger partial charge in [0.1, 0.15) is 0 Å². The van der Waals surface area contributed by atoms with Gasteiger partial charge >= 0.3 is 24.6 Å². The number of hydrogen-bond donors (Lipinski definition) is 0. The second kappa shape index (κ2) is 30.8. The minimum Gasteiger partial charge on any atom is -0.305 e. The second-order valence-electron chi connectivity index (χ2n) is 6.03. The van der Waals surface area contributed by atoms with Gasteiger partial charge in [0.2, 0.25) is 0 Å². The molecule has 30 heavy (non-hydrogen) atoms. The summed E-state index contributed by atoms with van der Waals surface area (Å²) in [7, 11) is 8.18. The van der Waals surface area contributed by atoms with Crippen molar-refractivity contribution >= 4 is 30.4 Å².